The lowest BCUT2D eigenvalue weighted by Gasteiger charge is -2.04. The summed E-state index contributed by atoms with van der Waals surface area (Å²) < 4.78 is 0. The van der Waals surface area contributed by atoms with Crippen LogP contribution in [0, 0.1) is 17.0 Å². The molecule has 0 aliphatic heterocycles. The van der Waals surface area contributed by atoms with Crippen LogP contribution in [-0.4, -0.2) is 21.0 Å². The number of carbonyl (C=O) groups excluding carboxylic acids is 1. The number of H-pyrrole nitrogens is 1. The highest BCUT2D eigenvalue weighted by Crippen LogP contribution is 2.19. The Morgan fingerprint density at radius 3 is 2.30 bits per heavy atom. The van der Waals surface area contributed by atoms with Gasteiger partial charge in [0, 0.05) is 18.6 Å². The molecule has 0 unspecified atom stereocenters. The Bertz CT molecular complexity index is 960. The molecule has 0 aliphatic rings. The number of nitrogens with one attached hydrogen (secondary N) is 1. The van der Waals surface area contributed by atoms with E-state index in [2.05, 4.69) is 34.5 Å². The summed E-state index contributed by atoms with van der Waals surface area (Å²) in [6.45, 7) is 2.03. The van der Waals surface area contributed by atoms with E-state index in [-0.39, 0.29) is 5.69 Å². The molecule has 0 radical (unpaired) electrons. The predicted molar refractivity (Wildman–Crippen MR) is 102 cm³/mol. The van der Waals surface area contributed by atoms with Crippen LogP contribution in [0.1, 0.15) is 38.4 Å². The molecule has 138 valence electrons. The van der Waals surface area contributed by atoms with Crippen LogP contribution in [0.2, 0.25) is 0 Å². The van der Waals surface area contributed by atoms with Crippen LogP contribution in [0.15, 0.2) is 48.5 Å². The lowest BCUT2D eigenvalue weighted by Crippen LogP contribution is -2.15. The molecule has 3 aromatic rings. The number of non-ortho nitro benzene ring substituents is 1. The van der Waals surface area contributed by atoms with Crippen LogP contribution in [0.5, 0.6) is 0 Å². The van der Waals surface area contributed by atoms with Crippen molar-refractivity contribution in [1.29, 1.82) is 0 Å². The van der Waals surface area contributed by atoms with Crippen molar-refractivity contribution in [3.63, 3.8) is 0 Å². The number of aromatic amines is 1. The number of aromatic nitrogens is 2. The Balaban J connectivity index is 1.77. The van der Waals surface area contributed by atoms with Crippen LogP contribution in [-0.2, 0) is 19.3 Å². The number of nitro benzene ring substituents is 1. The second kappa shape index (κ2) is 7.82. The first kappa shape index (κ1) is 18.3. The predicted octanol–water partition coefficient (Wildman–Crippen LogP) is 3.10. The third-order valence-electron chi connectivity index (χ3n) is 4.46. The van der Waals surface area contributed by atoms with E-state index in [9.17, 15) is 14.9 Å². The first-order chi connectivity index (χ1) is 12.9. The summed E-state index contributed by atoms with van der Waals surface area (Å²) in [7, 11) is 0. The van der Waals surface area contributed by atoms with Crippen molar-refractivity contribution in [2.45, 2.75) is 26.2 Å². The SMILES string of the molecule is Cc1ccc(CCc2n[nH]c(Cc3ccc([N+](=O)[O-])cc3)c2C(N)=O)cc1. The average molecular weight is 364 g/mol. The fourth-order valence-electron chi connectivity index (χ4n) is 2.98. The quantitative estimate of drug-likeness (QED) is 0.495. The van der Waals surface area contributed by atoms with Crippen LogP contribution in [0.4, 0.5) is 5.69 Å². The molecule has 0 saturated carbocycles. The standard InChI is InChI=1S/C20H20N4O3/c1-13-2-4-14(5-3-13)8-11-17-19(20(21)25)18(23-22-17)12-15-6-9-16(10-7-15)24(26)27/h2-7,9-10H,8,11-12H2,1H3,(H2,21,25)(H,22,23). The van der Waals surface area contributed by atoms with Gasteiger partial charge in [-0.05, 0) is 30.9 Å². The maximum absolute atomic E-state index is 12.0. The molecular weight excluding hydrogens is 344 g/mol. The Morgan fingerprint density at radius 1 is 1.07 bits per heavy atom. The molecule has 1 amide bonds. The molecule has 7 heteroatoms. The van der Waals surface area contributed by atoms with Crippen molar-refractivity contribution in [3.8, 4) is 0 Å². The molecule has 3 N–H and O–H groups in total. The van der Waals surface area contributed by atoms with Gasteiger partial charge in [-0.3, -0.25) is 20.0 Å². The number of carbonyl (C=O) groups is 1. The Morgan fingerprint density at radius 2 is 1.70 bits per heavy atom. The van der Waals surface area contributed by atoms with Crippen LogP contribution >= 0.6 is 0 Å². The lowest BCUT2D eigenvalue weighted by molar-refractivity contribution is -0.384. The van der Waals surface area contributed by atoms with Gasteiger partial charge in [-0.15, -0.1) is 0 Å². The Hall–Kier alpha value is -3.48. The van der Waals surface area contributed by atoms with Crippen molar-refractivity contribution in [2.75, 3.05) is 0 Å². The first-order valence-corrected chi connectivity index (χ1v) is 8.59. The number of hydrogen-bond donors (Lipinski definition) is 2. The lowest BCUT2D eigenvalue weighted by atomic mass is 10.0. The number of rotatable bonds is 7. The van der Waals surface area contributed by atoms with E-state index < -0.39 is 10.8 Å². The highest BCUT2D eigenvalue weighted by atomic mass is 16.6. The normalized spacial score (nSPS) is 10.7. The molecular formula is C20H20N4O3. The molecule has 27 heavy (non-hydrogen) atoms. The van der Waals surface area contributed by atoms with E-state index >= 15 is 0 Å². The minimum Gasteiger partial charge on any atom is -0.365 e. The number of amides is 1. The summed E-state index contributed by atoms with van der Waals surface area (Å²) in [4.78, 5) is 22.3. The number of aryl methyl sites for hydroxylation is 3. The van der Waals surface area contributed by atoms with E-state index in [1.807, 2.05) is 6.92 Å². The number of primary amides is 1. The molecule has 0 saturated heterocycles. The summed E-state index contributed by atoms with van der Waals surface area (Å²) in [6.07, 6.45) is 1.74. The van der Waals surface area contributed by atoms with Crippen LogP contribution < -0.4 is 5.73 Å². The zero-order valence-electron chi connectivity index (χ0n) is 14.9. The monoisotopic (exact) mass is 364 g/mol. The van der Waals surface area contributed by atoms with Gasteiger partial charge in [0.25, 0.3) is 11.6 Å². The number of nitrogens with two attached hydrogens (primary N) is 1. The van der Waals surface area contributed by atoms with Crippen LogP contribution in [0.3, 0.4) is 0 Å². The summed E-state index contributed by atoms with van der Waals surface area (Å²) in [5.74, 6) is -0.528. The van der Waals surface area contributed by atoms with Gasteiger partial charge in [0.15, 0.2) is 0 Å². The zero-order valence-corrected chi connectivity index (χ0v) is 14.9. The highest BCUT2D eigenvalue weighted by Gasteiger charge is 2.18. The third-order valence-corrected chi connectivity index (χ3v) is 4.46. The minimum absolute atomic E-state index is 0.0253. The van der Waals surface area contributed by atoms with Crippen molar-refractivity contribution < 1.29 is 9.72 Å². The van der Waals surface area contributed by atoms with Gasteiger partial charge in [-0.1, -0.05) is 42.0 Å². The van der Waals surface area contributed by atoms with Gasteiger partial charge in [0.2, 0.25) is 0 Å². The molecule has 0 atom stereocenters. The third kappa shape index (κ3) is 4.38. The molecule has 1 aromatic heterocycles. The number of hydrogen-bond acceptors (Lipinski definition) is 4. The summed E-state index contributed by atoms with van der Waals surface area (Å²) in [5.41, 5.74) is 10.5. The largest absolute Gasteiger partial charge is 0.365 e. The van der Waals surface area contributed by atoms with Crippen molar-refractivity contribution in [3.05, 3.63) is 92.3 Å². The molecule has 2 aromatic carbocycles. The Kier molecular flexibility index (Phi) is 5.30. The molecule has 0 fully saturated rings. The van der Waals surface area contributed by atoms with Crippen LogP contribution in [0.25, 0.3) is 0 Å². The fourth-order valence-corrected chi connectivity index (χ4v) is 2.98. The molecule has 0 spiro atoms. The summed E-state index contributed by atoms with van der Waals surface area (Å²) in [5, 5.41) is 17.9. The van der Waals surface area contributed by atoms with Gasteiger partial charge in [-0.2, -0.15) is 5.10 Å². The summed E-state index contributed by atoms with van der Waals surface area (Å²) >= 11 is 0. The van der Waals surface area contributed by atoms with Gasteiger partial charge in [0.05, 0.1) is 21.9 Å². The zero-order chi connectivity index (χ0) is 19.4. The average Bonchev–Trinajstić information content (AvgIpc) is 3.04. The maximum Gasteiger partial charge on any atom is 0.269 e. The van der Waals surface area contributed by atoms with E-state index in [1.165, 1.54) is 17.7 Å². The van der Waals surface area contributed by atoms with Crippen molar-refractivity contribution in [1.82, 2.24) is 10.2 Å². The number of nitrogens with zero attached hydrogens (tertiary/aromatic N) is 2. The smallest absolute Gasteiger partial charge is 0.269 e. The topological polar surface area (TPSA) is 115 Å². The van der Waals surface area contributed by atoms with Crippen molar-refractivity contribution >= 4 is 11.6 Å². The van der Waals surface area contributed by atoms with E-state index in [1.54, 1.807) is 12.1 Å². The number of benzene rings is 2. The maximum atomic E-state index is 12.0. The van der Waals surface area contributed by atoms with Gasteiger partial charge in [0.1, 0.15) is 0 Å². The molecule has 1 heterocycles. The summed E-state index contributed by atoms with van der Waals surface area (Å²) in [6, 6.07) is 14.4. The fraction of sp³-hybridized carbons (Fsp3) is 0.200. The van der Waals surface area contributed by atoms with E-state index in [4.69, 9.17) is 5.73 Å². The molecule has 7 nitrogen and oxygen atoms in total. The van der Waals surface area contributed by atoms with Gasteiger partial charge >= 0.3 is 0 Å². The highest BCUT2D eigenvalue weighted by molar-refractivity contribution is 5.95. The van der Waals surface area contributed by atoms with Gasteiger partial charge in [-0.25, -0.2) is 0 Å². The minimum atomic E-state index is -0.528. The second-order valence-electron chi connectivity index (χ2n) is 6.47. The molecule has 3 rings (SSSR count). The van der Waals surface area contributed by atoms with Crippen molar-refractivity contribution in [2.24, 2.45) is 5.73 Å². The molecule has 0 aliphatic carbocycles. The Labute approximate surface area is 156 Å². The number of nitro groups is 1. The molecule has 0 bridgehead atoms. The van der Waals surface area contributed by atoms with Gasteiger partial charge < -0.3 is 5.73 Å². The second-order valence-corrected chi connectivity index (χ2v) is 6.47. The van der Waals surface area contributed by atoms with E-state index in [0.717, 1.165) is 17.5 Å². The van der Waals surface area contributed by atoms with E-state index in [0.29, 0.717) is 29.8 Å². The first-order valence-electron chi connectivity index (χ1n) is 8.59.